The average Bonchev–Trinajstić information content (AvgIpc) is 2.15. The monoisotopic (exact) mass is 245 g/mol. The molecule has 0 bridgehead atoms. The van der Waals surface area contributed by atoms with E-state index in [0.717, 1.165) is 0 Å². The number of carbonyl (C=O) groups is 2. The Morgan fingerprint density at radius 3 is 2.31 bits per heavy atom. The molecule has 1 N–H and O–H groups in total. The summed E-state index contributed by atoms with van der Waals surface area (Å²) in [6, 6.07) is 0. The van der Waals surface area contributed by atoms with Gasteiger partial charge in [-0.25, -0.2) is 0 Å². The maximum absolute atomic E-state index is 11.7. The van der Waals surface area contributed by atoms with Crippen LogP contribution in [-0.4, -0.2) is 11.7 Å². The van der Waals surface area contributed by atoms with Gasteiger partial charge >= 0.3 is 0 Å². The minimum atomic E-state index is -0.854. The van der Waals surface area contributed by atoms with Crippen molar-refractivity contribution in [1.82, 2.24) is 5.32 Å². The predicted octanol–water partition coefficient (Wildman–Crippen LogP) is 1.73. The summed E-state index contributed by atoms with van der Waals surface area (Å²) in [5.74, 6) is -0.299. The van der Waals surface area contributed by atoms with E-state index < -0.39 is 5.41 Å². The zero-order valence-electron chi connectivity index (χ0n) is 7.69. The molecule has 0 atom stereocenters. The zero-order valence-corrected chi connectivity index (χ0v) is 9.27. The van der Waals surface area contributed by atoms with Crippen LogP contribution in [0.1, 0.15) is 26.7 Å². The highest BCUT2D eigenvalue weighted by Crippen LogP contribution is 2.34. The van der Waals surface area contributed by atoms with Gasteiger partial charge in [-0.05, 0) is 28.8 Å². The lowest BCUT2D eigenvalue weighted by molar-refractivity contribution is -0.140. The van der Waals surface area contributed by atoms with E-state index in [0.29, 0.717) is 17.3 Å². The van der Waals surface area contributed by atoms with Crippen LogP contribution in [0, 0.1) is 5.41 Å². The van der Waals surface area contributed by atoms with Crippen molar-refractivity contribution in [3.05, 3.63) is 10.7 Å². The van der Waals surface area contributed by atoms with E-state index in [4.69, 9.17) is 0 Å². The summed E-state index contributed by atoms with van der Waals surface area (Å²) < 4.78 is 0.454. The molecular formula is C9H12BrNO2. The summed E-state index contributed by atoms with van der Waals surface area (Å²) in [6.45, 7) is 3.71. The van der Waals surface area contributed by atoms with E-state index in [1.165, 1.54) is 6.20 Å². The molecule has 1 aliphatic heterocycles. The molecular weight excluding hydrogens is 234 g/mol. The van der Waals surface area contributed by atoms with Crippen molar-refractivity contribution in [2.24, 2.45) is 5.41 Å². The third-order valence-electron chi connectivity index (χ3n) is 2.62. The van der Waals surface area contributed by atoms with Gasteiger partial charge in [-0.1, -0.05) is 13.8 Å². The van der Waals surface area contributed by atoms with Crippen molar-refractivity contribution >= 4 is 27.6 Å². The molecule has 0 unspecified atom stereocenters. The second-order valence-corrected chi connectivity index (χ2v) is 3.94. The third kappa shape index (κ3) is 1.43. The lowest BCUT2D eigenvalue weighted by Gasteiger charge is -2.30. The summed E-state index contributed by atoms with van der Waals surface area (Å²) in [7, 11) is 0. The summed E-state index contributed by atoms with van der Waals surface area (Å²) in [6.07, 6.45) is 2.49. The first-order valence-corrected chi connectivity index (χ1v) is 5.09. The van der Waals surface area contributed by atoms with Crippen molar-refractivity contribution in [1.29, 1.82) is 0 Å². The van der Waals surface area contributed by atoms with Crippen LogP contribution in [0.4, 0.5) is 0 Å². The minimum Gasteiger partial charge on any atom is -0.331 e. The van der Waals surface area contributed by atoms with E-state index >= 15 is 0 Å². The number of halogens is 1. The van der Waals surface area contributed by atoms with Gasteiger partial charge in [0.1, 0.15) is 5.41 Å². The zero-order chi connectivity index (χ0) is 10.1. The smallest absolute Gasteiger partial charge is 0.238 e. The van der Waals surface area contributed by atoms with Gasteiger partial charge < -0.3 is 5.32 Å². The van der Waals surface area contributed by atoms with Crippen molar-refractivity contribution in [2.75, 3.05) is 0 Å². The Labute approximate surface area is 85.7 Å². The van der Waals surface area contributed by atoms with E-state index in [1.807, 2.05) is 13.8 Å². The van der Waals surface area contributed by atoms with Gasteiger partial charge in [-0.2, -0.15) is 0 Å². The highest BCUT2D eigenvalue weighted by atomic mass is 79.9. The molecule has 0 aromatic carbocycles. The first-order chi connectivity index (χ1) is 6.08. The maximum Gasteiger partial charge on any atom is 0.238 e. The number of allylic oxidation sites excluding steroid dienone is 1. The number of Topliss-reactive ketones (excluding diaryl/α,β-unsaturated/α-hetero) is 1. The average molecular weight is 246 g/mol. The van der Waals surface area contributed by atoms with Crippen molar-refractivity contribution in [2.45, 2.75) is 26.7 Å². The first-order valence-electron chi connectivity index (χ1n) is 4.30. The van der Waals surface area contributed by atoms with Crippen LogP contribution in [0.25, 0.3) is 0 Å². The Balaban J connectivity index is 3.14. The SMILES string of the molecule is CCC1(CC)C(=O)NC=C(Br)C1=O. The van der Waals surface area contributed by atoms with Crippen molar-refractivity contribution in [3.63, 3.8) is 0 Å². The molecule has 1 rings (SSSR count). The molecule has 0 saturated heterocycles. The first kappa shape index (κ1) is 10.4. The Morgan fingerprint density at radius 1 is 1.38 bits per heavy atom. The van der Waals surface area contributed by atoms with Crippen LogP contribution in [0.15, 0.2) is 10.7 Å². The second kappa shape index (κ2) is 3.62. The number of nitrogens with one attached hydrogen (secondary N) is 1. The minimum absolute atomic E-state index is 0.110. The van der Waals surface area contributed by atoms with Crippen molar-refractivity contribution in [3.8, 4) is 0 Å². The van der Waals surface area contributed by atoms with Gasteiger partial charge in [-0.3, -0.25) is 9.59 Å². The van der Waals surface area contributed by atoms with Gasteiger partial charge in [-0.15, -0.1) is 0 Å². The Hall–Kier alpha value is -0.640. The molecule has 4 heteroatoms. The number of ketones is 1. The Morgan fingerprint density at radius 2 is 1.92 bits per heavy atom. The number of carbonyl (C=O) groups excluding carboxylic acids is 2. The number of amides is 1. The molecule has 0 radical (unpaired) electrons. The molecule has 1 heterocycles. The van der Waals surface area contributed by atoms with Crippen molar-refractivity contribution < 1.29 is 9.59 Å². The van der Waals surface area contributed by atoms with Gasteiger partial charge in [0.15, 0.2) is 5.78 Å². The van der Waals surface area contributed by atoms with E-state index in [1.54, 1.807) is 0 Å². The van der Waals surface area contributed by atoms with Gasteiger partial charge in [0.25, 0.3) is 0 Å². The summed E-state index contributed by atoms with van der Waals surface area (Å²) >= 11 is 3.14. The Kier molecular flexibility index (Phi) is 2.91. The van der Waals surface area contributed by atoms with E-state index in [2.05, 4.69) is 21.2 Å². The predicted molar refractivity (Wildman–Crippen MR) is 53.2 cm³/mol. The highest BCUT2D eigenvalue weighted by Gasteiger charge is 2.45. The fourth-order valence-corrected chi connectivity index (χ4v) is 2.05. The molecule has 13 heavy (non-hydrogen) atoms. The molecule has 0 spiro atoms. The molecule has 0 aromatic heterocycles. The molecule has 3 nitrogen and oxygen atoms in total. The number of rotatable bonds is 2. The van der Waals surface area contributed by atoms with Crippen LogP contribution >= 0.6 is 15.9 Å². The fourth-order valence-electron chi connectivity index (χ4n) is 1.56. The normalized spacial score (nSPS) is 21.0. The van der Waals surface area contributed by atoms with Crippen LogP contribution < -0.4 is 5.32 Å². The molecule has 0 aliphatic carbocycles. The van der Waals surface area contributed by atoms with E-state index in [-0.39, 0.29) is 11.7 Å². The van der Waals surface area contributed by atoms with Crippen LogP contribution in [-0.2, 0) is 9.59 Å². The lowest BCUT2D eigenvalue weighted by Crippen LogP contribution is -2.47. The second-order valence-electron chi connectivity index (χ2n) is 3.08. The maximum atomic E-state index is 11.7. The topological polar surface area (TPSA) is 46.2 Å². The van der Waals surface area contributed by atoms with E-state index in [9.17, 15) is 9.59 Å². The number of hydrogen-bond donors (Lipinski definition) is 1. The van der Waals surface area contributed by atoms with Gasteiger partial charge in [0.2, 0.25) is 5.91 Å². The van der Waals surface area contributed by atoms with Crippen LogP contribution in [0.2, 0.25) is 0 Å². The molecule has 72 valence electrons. The summed E-state index contributed by atoms with van der Waals surface area (Å²) in [4.78, 5) is 23.3. The molecule has 0 aromatic rings. The molecule has 1 amide bonds. The number of hydrogen-bond acceptors (Lipinski definition) is 2. The molecule has 0 saturated carbocycles. The highest BCUT2D eigenvalue weighted by molar-refractivity contribution is 9.12. The lowest BCUT2D eigenvalue weighted by atomic mass is 9.76. The Bertz CT molecular complexity index is 279. The molecule has 0 fully saturated rings. The quantitative estimate of drug-likeness (QED) is 0.754. The third-order valence-corrected chi connectivity index (χ3v) is 3.21. The van der Waals surface area contributed by atoms with Gasteiger partial charge in [0.05, 0.1) is 4.48 Å². The molecule has 1 aliphatic rings. The fraction of sp³-hybridized carbons (Fsp3) is 0.556. The van der Waals surface area contributed by atoms with Crippen LogP contribution in [0.3, 0.4) is 0 Å². The summed E-state index contributed by atoms with van der Waals surface area (Å²) in [5, 5.41) is 2.59. The summed E-state index contributed by atoms with van der Waals surface area (Å²) in [5.41, 5.74) is -0.854. The largest absolute Gasteiger partial charge is 0.331 e. The standard InChI is InChI=1S/C9H12BrNO2/c1-3-9(4-2)7(12)6(10)5-11-8(9)13/h5H,3-4H2,1-2H3,(H,11,13). The van der Waals surface area contributed by atoms with Gasteiger partial charge in [0, 0.05) is 6.20 Å². The van der Waals surface area contributed by atoms with Crippen LogP contribution in [0.5, 0.6) is 0 Å².